The minimum absolute atomic E-state index is 0.00804. The molecule has 20 rings (SSSR count). The number of aliphatic hydroxyl groups excluding tert-OH is 1. The molecular weight excluding hydrogens is 1790 g/mol. The number of rotatable bonds is 27. The molecule has 4 aliphatic heterocycles. The molecule has 4 saturated carbocycles. The second-order valence-electron chi connectivity index (χ2n) is 32.9. The average Bonchev–Trinajstić information content (AvgIpc) is 1.61. The molecule has 8 aliphatic rings. The smallest absolute Gasteiger partial charge is 0.307 e. The molecule has 0 radical (unpaired) electrons. The number of carboxylic acid groups (broad SMARTS) is 1. The molecule has 0 atom stereocenters. The van der Waals surface area contributed by atoms with Crippen molar-refractivity contribution in [3.05, 3.63) is 260 Å². The normalized spacial score (nSPS) is 17.2. The highest BCUT2D eigenvalue weighted by Gasteiger charge is 2.35. The van der Waals surface area contributed by atoms with E-state index in [4.69, 9.17) is 54.9 Å². The van der Waals surface area contributed by atoms with Crippen molar-refractivity contribution in [3.63, 3.8) is 0 Å². The fraction of sp³-hybridized carbons (Fsp3) is 0.245. The highest BCUT2D eigenvalue weighted by atomic mass is 35.5. The molecular formula is C94H87Cl3F3N25O9. The van der Waals surface area contributed by atoms with Crippen LogP contribution >= 0.6 is 34.8 Å². The number of likely N-dealkylation sites (N-methyl/N-ethyl adjacent to an activating group) is 2. The predicted octanol–water partition coefficient (Wildman–Crippen LogP) is 16.9. The van der Waals surface area contributed by atoms with E-state index in [9.17, 15) is 47.0 Å². The monoisotopic (exact) mass is 1870 g/mol. The topological polar surface area (TPSA) is 406 Å². The van der Waals surface area contributed by atoms with Gasteiger partial charge >= 0.3 is 11.9 Å². The summed E-state index contributed by atoms with van der Waals surface area (Å²) in [6.45, 7) is 15.2. The molecule has 8 aromatic heterocycles. The second-order valence-corrected chi connectivity index (χ2v) is 34.2. The number of esters is 1. The van der Waals surface area contributed by atoms with Gasteiger partial charge < -0.3 is 67.3 Å². The van der Waals surface area contributed by atoms with Crippen LogP contribution in [0.15, 0.2) is 199 Å². The van der Waals surface area contributed by atoms with Crippen LogP contribution in [0.5, 0.6) is 0 Å². The van der Waals surface area contributed by atoms with E-state index in [0.717, 1.165) is 91.0 Å². The lowest BCUT2D eigenvalue weighted by Crippen LogP contribution is -2.27. The Morgan fingerprint density at radius 3 is 1.20 bits per heavy atom. The molecule has 34 nitrogen and oxygen atoms in total. The number of benzene rings is 4. The SMILES string of the molecule is C=C1/C(=C/c2cnn3c(NC4CC4)cc(Nc4cc(Cl)ccc4F)nc23)CC(=O)N1CO.C=C1/C(=C/c2cnn3c(NC4CC4)cc(Nc4cc(Cl)ccc4F)nc23)CC(=O)N1COC(=O)CCCC(=O)O.C=C1/C(=C/c2cnn3c(NC4CC4)cc(Nc4ccc(C#N)c(Cl)c4)nc23)CC(=O)N1C.C=C1/C(=C/c2cnn3c(NC4CC4)cc(Nc4ccccc4F)nc23)CC(=O)N1C. The number of amides is 4. The lowest BCUT2D eigenvalue weighted by molar-refractivity contribution is -0.150. The number of para-hydroxylation sites is 1. The van der Waals surface area contributed by atoms with Crippen molar-refractivity contribution < 1.29 is 56.9 Å². The summed E-state index contributed by atoms with van der Waals surface area (Å²) < 4.78 is 54.8. The summed E-state index contributed by atoms with van der Waals surface area (Å²) in [4.78, 5) is 95.6. The molecule has 40 heteroatoms. The first-order valence-electron chi connectivity index (χ1n) is 42.8. The van der Waals surface area contributed by atoms with Gasteiger partial charge in [-0.25, -0.2) is 33.1 Å². The van der Waals surface area contributed by atoms with Gasteiger partial charge in [-0.2, -0.15) is 43.7 Å². The first kappa shape index (κ1) is 90.5. The number of aromatic nitrogens is 12. The summed E-state index contributed by atoms with van der Waals surface area (Å²) in [5.74, 6) is 1.52. The minimum atomic E-state index is -0.997. The number of fused-ring (bicyclic) bond motifs is 4. The molecule has 4 amide bonds. The molecule has 4 aliphatic carbocycles. The lowest BCUT2D eigenvalue weighted by Gasteiger charge is -2.17. The largest absolute Gasteiger partial charge is 0.481 e. The molecule has 0 spiro atoms. The van der Waals surface area contributed by atoms with E-state index in [1.54, 1.807) is 127 Å². The summed E-state index contributed by atoms with van der Waals surface area (Å²) >= 11 is 18.3. The molecule has 134 heavy (non-hydrogen) atoms. The quantitative estimate of drug-likeness (QED) is 0.0214. The second kappa shape index (κ2) is 38.6. The van der Waals surface area contributed by atoms with Crippen LogP contribution in [-0.4, -0.2) is 175 Å². The van der Waals surface area contributed by atoms with Crippen molar-refractivity contribution in [1.29, 1.82) is 5.26 Å². The predicted molar refractivity (Wildman–Crippen MR) is 503 cm³/mol. The number of likely N-dealkylation sites (tertiary alicyclic amines) is 4. The Morgan fingerprint density at radius 2 is 0.843 bits per heavy atom. The number of hydrogen-bond acceptors (Lipinski definition) is 25. The summed E-state index contributed by atoms with van der Waals surface area (Å²) in [7, 11) is 3.44. The maximum absolute atomic E-state index is 14.4. The van der Waals surface area contributed by atoms with Crippen LogP contribution in [0, 0.1) is 28.8 Å². The Bertz CT molecular complexity index is 7040. The Hall–Kier alpha value is -15.4. The van der Waals surface area contributed by atoms with E-state index in [-0.39, 0.29) is 79.7 Å². The molecule has 10 N–H and O–H groups in total. The number of ether oxygens (including phenoxy) is 1. The summed E-state index contributed by atoms with van der Waals surface area (Å²) in [6, 6.07) is 30.8. The van der Waals surface area contributed by atoms with Crippen LogP contribution in [0.4, 0.5) is 82.5 Å². The first-order valence-corrected chi connectivity index (χ1v) is 43.9. The summed E-state index contributed by atoms with van der Waals surface area (Å²) in [5, 5.41) is 72.4. The average molecular weight is 1870 g/mol. The Balaban J connectivity index is 0.000000125. The molecule has 0 bridgehead atoms. The Labute approximate surface area is 778 Å². The van der Waals surface area contributed by atoms with Gasteiger partial charge in [-0.15, -0.1) is 0 Å². The van der Waals surface area contributed by atoms with Gasteiger partial charge in [0.1, 0.15) is 76.8 Å². The van der Waals surface area contributed by atoms with Crippen molar-refractivity contribution >= 4 is 187 Å². The fourth-order valence-corrected chi connectivity index (χ4v) is 15.4. The van der Waals surface area contributed by atoms with Crippen LogP contribution in [-0.2, 0) is 33.5 Å². The highest BCUT2D eigenvalue weighted by Crippen LogP contribution is 2.40. The van der Waals surface area contributed by atoms with E-state index >= 15 is 0 Å². The van der Waals surface area contributed by atoms with Gasteiger partial charge in [0, 0.05) is 136 Å². The third kappa shape index (κ3) is 20.8. The lowest BCUT2D eigenvalue weighted by atomic mass is 10.1. The van der Waals surface area contributed by atoms with Crippen LogP contribution in [0.3, 0.4) is 0 Å². The molecule has 8 fully saturated rings. The number of allylic oxidation sites excluding steroid dienone is 4. The van der Waals surface area contributed by atoms with Crippen molar-refractivity contribution in [3.8, 4) is 6.07 Å². The fourth-order valence-electron chi connectivity index (χ4n) is 14.8. The highest BCUT2D eigenvalue weighted by molar-refractivity contribution is 6.32. The van der Waals surface area contributed by atoms with E-state index in [0.29, 0.717) is 166 Å². The number of hydrogen-bond donors (Lipinski definition) is 10. The summed E-state index contributed by atoms with van der Waals surface area (Å²) in [6.07, 6.45) is 23.4. The Morgan fingerprint density at radius 1 is 0.478 bits per heavy atom. The van der Waals surface area contributed by atoms with Crippen LogP contribution in [0.25, 0.3) is 46.9 Å². The number of carboxylic acids is 1. The number of nitrogens with zero attached hydrogens (tertiary/aromatic N) is 17. The zero-order valence-corrected chi connectivity index (χ0v) is 74.5. The molecule has 4 saturated heterocycles. The number of carbonyl (C=O) groups excluding carboxylic acids is 5. The number of halogens is 6. The number of aliphatic carboxylic acids is 1. The number of nitrogens with one attached hydrogen (secondary N) is 8. The molecule has 0 unspecified atom stereocenters. The van der Waals surface area contributed by atoms with Crippen molar-refractivity contribution in [2.75, 3.05) is 70.1 Å². The molecule has 684 valence electrons. The zero-order valence-electron chi connectivity index (χ0n) is 72.2. The van der Waals surface area contributed by atoms with Gasteiger partial charge in [-0.3, -0.25) is 38.6 Å². The third-order valence-electron chi connectivity index (χ3n) is 22.8. The van der Waals surface area contributed by atoms with E-state index in [1.165, 1.54) is 52.3 Å². The number of anilines is 12. The van der Waals surface area contributed by atoms with Crippen LogP contribution < -0.4 is 42.5 Å². The number of aliphatic hydroxyl groups is 1. The van der Waals surface area contributed by atoms with Gasteiger partial charge in [0.2, 0.25) is 23.6 Å². The maximum Gasteiger partial charge on any atom is 0.307 e. The number of nitriles is 1. The van der Waals surface area contributed by atoms with Crippen molar-refractivity contribution in [2.24, 2.45) is 0 Å². The molecule has 12 aromatic rings. The van der Waals surface area contributed by atoms with Gasteiger partial charge in [-0.05, 0) is 171 Å². The first-order chi connectivity index (χ1) is 64.5. The standard InChI is InChI=1S/C27H26ClFN6O5.C23H20ClN7O.C22H20ClFN6O2.C22H21FN6O/c1-15-16(10-24(36)34(15)14-40-26(39)4-2-3-25(37)38)9-17-13-30-35-23(31-19-6-7-19)12-22(33-27(17)35)32-21-11-18(28)5-8-20(21)29;1-13-15(8-22(32)30(13)2)7-16-12-26-31-21(28-17-5-6-17)10-20(29-23(16)31)27-18-4-3-14(11-25)19(24)9-18;1-12-13(7-21(32)29(12)11-31)6-14-10-25-30-20(26-16-3-4-16)9-19(28-22(14)30)27-18-8-15(23)2-5-17(18)24;1-13-14(10-21(30)28(13)2)9-15-12-24-29-20(25-16-7-8-16)11-19(27-22(15)29)26-18-6-4-3-5-17(18)23/h5,8-9,11-13,19,31H,1-4,6-7,10,14H2,(H,32,33)(H,37,38);3-4,7,9-10,12,17,28H,1,5-6,8H2,2H3,(H,27,29);2,5-6,8-10,16,26,31H,1,3-4,7,11H2,(H,27,28);3-6,9,11-12,16,25H,1,7-8,10H2,2H3,(H,26,27)/b16-9+;15-7+;13-6+;14-9+. The van der Waals surface area contributed by atoms with Crippen LogP contribution in [0.1, 0.15) is 124 Å². The Kier molecular flexibility index (Phi) is 26.1. The van der Waals surface area contributed by atoms with Gasteiger partial charge in [0.15, 0.2) is 29.3 Å². The third-order valence-corrected chi connectivity index (χ3v) is 23.6. The van der Waals surface area contributed by atoms with Gasteiger partial charge in [0.05, 0.1) is 78.1 Å². The van der Waals surface area contributed by atoms with E-state index in [2.05, 4.69) is 110 Å². The van der Waals surface area contributed by atoms with Crippen molar-refractivity contribution in [1.82, 2.24) is 78.0 Å². The maximum atomic E-state index is 14.4. The van der Waals surface area contributed by atoms with Gasteiger partial charge in [0.25, 0.3) is 0 Å². The zero-order chi connectivity index (χ0) is 94.0. The summed E-state index contributed by atoms with van der Waals surface area (Å²) in [5.41, 5.74) is 12.1. The van der Waals surface area contributed by atoms with Crippen molar-refractivity contribution in [2.45, 2.75) is 120 Å². The van der Waals surface area contributed by atoms with Crippen LogP contribution in [0.2, 0.25) is 15.1 Å². The van der Waals surface area contributed by atoms with E-state index in [1.807, 2.05) is 24.3 Å². The number of carbonyl (C=O) groups is 6. The van der Waals surface area contributed by atoms with Gasteiger partial charge in [-0.1, -0.05) is 73.3 Å². The van der Waals surface area contributed by atoms with E-state index < -0.39 is 30.3 Å². The molecule has 12 heterocycles. The molecule has 4 aromatic carbocycles. The minimum Gasteiger partial charge on any atom is -0.481 e.